The highest BCUT2D eigenvalue weighted by atomic mass is 16.2. The molecule has 3 heteroatoms. The zero-order chi connectivity index (χ0) is 13.2. The van der Waals surface area contributed by atoms with Gasteiger partial charge in [-0.15, -0.1) is 5.43 Å². The molecule has 1 amide bonds. The highest BCUT2D eigenvalue weighted by Crippen LogP contribution is 2.14. The molecule has 2 aromatic rings. The first-order chi connectivity index (χ1) is 9.27. The minimum atomic E-state index is -0.129. The molecule has 1 aliphatic heterocycles. The van der Waals surface area contributed by atoms with Crippen LogP contribution in [0.3, 0.4) is 0 Å². The van der Waals surface area contributed by atoms with E-state index in [9.17, 15) is 4.79 Å². The summed E-state index contributed by atoms with van der Waals surface area (Å²) in [6.45, 7) is 1.91. The van der Waals surface area contributed by atoms with Crippen molar-refractivity contribution in [2.45, 2.75) is 13.0 Å². The summed E-state index contributed by atoms with van der Waals surface area (Å²) in [6.07, 6.45) is 0. The third-order valence-corrected chi connectivity index (χ3v) is 3.33. The molecule has 0 spiro atoms. The lowest BCUT2D eigenvalue weighted by molar-refractivity contribution is -0.634. The Morgan fingerprint density at radius 2 is 1.42 bits per heavy atom. The van der Waals surface area contributed by atoms with Gasteiger partial charge in [0, 0.05) is 18.1 Å². The second-order valence-electron chi connectivity index (χ2n) is 4.60. The highest BCUT2D eigenvalue weighted by molar-refractivity contribution is 6.10. The quantitative estimate of drug-likeness (QED) is 0.813. The van der Waals surface area contributed by atoms with Crippen LogP contribution in [0.25, 0.3) is 0 Å². The molecule has 1 N–H and O–H groups in total. The fourth-order valence-electron chi connectivity index (χ4n) is 2.25. The number of hydrogen-bond donors (Lipinski definition) is 1. The summed E-state index contributed by atoms with van der Waals surface area (Å²) in [7, 11) is 0. The minimum absolute atomic E-state index is 0.0596. The summed E-state index contributed by atoms with van der Waals surface area (Å²) in [5, 5.41) is 0. The molecule has 1 heterocycles. The third-order valence-electron chi connectivity index (χ3n) is 3.33. The molecule has 0 saturated carbocycles. The lowest BCUT2D eigenvalue weighted by atomic mass is 10.0. The van der Waals surface area contributed by atoms with Crippen molar-refractivity contribution in [2.24, 2.45) is 0 Å². The summed E-state index contributed by atoms with van der Waals surface area (Å²) in [5.41, 5.74) is 6.08. The van der Waals surface area contributed by atoms with Gasteiger partial charge in [0.15, 0.2) is 0 Å². The van der Waals surface area contributed by atoms with E-state index < -0.39 is 0 Å². The summed E-state index contributed by atoms with van der Waals surface area (Å²) in [4.78, 5) is 11.4. The van der Waals surface area contributed by atoms with Crippen LogP contribution in [0.2, 0.25) is 0 Å². The Labute approximate surface area is 112 Å². The van der Waals surface area contributed by atoms with Gasteiger partial charge in [0.2, 0.25) is 5.71 Å². The van der Waals surface area contributed by atoms with Crippen molar-refractivity contribution < 1.29 is 9.48 Å². The van der Waals surface area contributed by atoms with Gasteiger partial charge in [0.1, 0.15) is 0 Å². The van der Waals surface area contributed by atoms with Gasteiger partial charge < -0.3 is 0 Å². The van der Waals surface area contributed by atoms with E-state index in [4.69, 9.17) is 0 Å². The van der Waals surface area contributed by atoms with Crippen molar-refractivity contribution in [3.05, 3.63) is 71.8 Å². The van der Waals surface area contributed by atoms with E-state index in [2.05, 4.69) is 29.7 Å². The molecule has 2 aromatic carbocycles. The van der Waals surface area contributed by atoms with E-state index >= 15 is 0 Å². The van der Waals surface area contributed by atoms with E-state index in [-0.39, 0.29) is 11.9 Å². The van der Waals surface area contributed by atoms with Crippen molar-refractivity contribution in [1.29, 1.82) is 0 Å². The first kappa shape index (κ1) is 11.7. The van der Waals surface area contributed by atoms with Crippen LogP contribution in [0.1, 0.15) is 18.1 Å². The number of carbonyl (C=O) groups excluding carboxylic acids is 1. The molecule has 0 radical (unpaired) electrons. The maximum absolute atomic E-state index is 11.4. The molecule has 1 aliphatic rings. The fourth-order valence-corrected chi connectivity index (χ4v) is 2.25. The normalized spacial score (nSPS) is 17.6. The topological polar surface area (TPSA) is 32.1 Å². The molecule has 0 bridgehead atoms. The SMILES string of the molecule is CC1C(=O)N[N+]1=C(c1ccccc1)c1ccccc1. The lowest BCUT2D eigenvalue weighted by Crippen LogP contribution is -2.61. The lowest BCUT2D eigenvalue weighted by Gasteiger charge is -2.21. The Bertz CT molecular complexity index is 591. The van der Waals surface area contributed by atoms with Crippen molar-refractivity contribution in [1.82, 2.24) is 5.43 Å². The van der Waals surface area contributed by atoms with Crippen molar-refractivity contribution in [3.8, 4) is 0 Å². The second-order valence-corrected chi connectivity index (χ2v) is 4.60. The number of nitrogens with one attached hydrogen (secondary N) is 1. The Balaban J connectivity index is 2.16. The molecule has 1 saturated heterocycles. The van der Waals surface area contributed by atoms with Crippen LogP contribution in [-0.2, 0) is 4.79 Å². The molecule has 1 unspecified atom stereocenters. The Morgan fingerprint density at radius 1 is 0.947 bits per heavy atom. The first-order valence-electron chi connectivity index (χ1n) is 6.35. The van der Waals surface area contributed by atoms with E-state index in [1.807, 2.05) is 48.0 Å². The van der Waals surface area contributed by atoms with Crippen LogP contribution in [0.5, 0.6) is 0 Å². The minimum Gasteiger partial charge on any atom is -0.261 e. The van der Waals surface area contributed by atoms with Crippen LogP contribution in [-0.4, -0.2) is 22.3 Å². The number of hydrazine groups is 1. The number of carbonyl (C=O) groups is 1. The highest BCUT2D eigenvalue weighted by Gasteiger charge is 2.42. The summed E-state index contributed by atoms with van der Waals surface area (Å²) >= 11 is 0. The van der Waals surface area contributed by atoms with E-state index in [1.165, 1.54) is 0 Å². The summed E-state index contributed by atoms with van der Waals surface area (Å²) in [5.74, 6) is 0.0596. The summed E-state index contributed by atoms with van der Waals surface area (Å²) < 4.78 is 1.92. The van der Waals surface area contributed by atoms with Crippen LogP contribution in [0.15, 0.2) is 60.7 Å². The smallest absolute Gasteiger partial charge is 0.261 e. The molecule has 1 fully saturated rings. The molecule has 94 valence electrons. The fraction of sp³-hybridized carbons (Fsp3) is 0.125. The van der Waals surface area contributed by atoms with Crippen LogP contribution in [0.4, 0.5) is 0 Å². The molecule has 3 nitrogen and oxygen atoms in total. The predicted octanol–water partition coefficient (Wildman–Crippen LogP) is 1.97. The number of amides is 1. The van der Waals surface area contributed by atoms with Gasteiger partial charge in [0.25, 0.3) is 6.04 Å². The Morgan fingerprint density at radius 3 is 1.79 bits per heavy atom. The molecular weight excluding hydrogens is 236 g/mol. The number of nitrogens with zero attached hydrogens (tertiary/aromatic N) is 1. The first-order valence-corrected chi connectivity index (χ1v) is 6.35. The van der Waals surface area contributed by atoms with Crippen molar-refractivity contribution in [3.63, 3.8) is 0 Å². The van der Waals surface area contributed by atoms with Gasteiger partial charge in [-0.2, -0.15) is 0 Å². The molecule has 19 heavy (non-hydrogen) atoms. The Hall–Kier alpha value is -2.42. The molecule has 1 atom stereocenters. The number of rotatable bonds is 2. The van der Waals surface area contributed by atoms with Crippen LogP contribution >= 0.6 is 0 Å². The van der Waals surface area contributed by atoms with Gasteiger partial charge in [-0.1, -0.05) is 41.1 Å². The van der Waals surface area contributed by atoms with Crippen molar-refractivity contribution in [2.75, 3.05) is 0 Å². The van der Waals surface area contributed by atoms with Gasteiger partial charge in [-0.05, 0) is 24.3 Å². The number of hydrazone groups is 1. The average Bonchev–Trinajstić information content (AvgIpc) is 2.49. The summed E-state index contributed by atoms with van der Waals surface area (Å²) in [6, 6.07) is 20.1. The largest absolute Gasteiger partial charge is 0.345 e. The molecule has 0 aromatic heterocycles. The monoisotopic (exact) mass is 251 g/mol. The van der Waals surface area contributed by atoms with E-state index in [0.717, 1.165) is 16.8 Å². The zero-order valence-electron chi connectivity index (χ0n) is 10.7. The van der Waals surface area contributed by atoms with E-state index in [0.29, 0.717) is 0 Å². The third kappa shape index (κ3) is 2.03. The predicted molar refractivity (Wildman–Crippen MR) is 74.0 cm³/mol. The van der Waals surface area contributed by atoms with E-state index in [1.54, 1.807) is 0 Å². The number of hydrogen-bond acceptors (Lipinski definition) is 1. The molecular formula is C16H15N2O+. The van der Waals surface area contributed by atoms with Gasteiger partial charge in [0.05, 0.1) is 0 Å². The maximum Gasteiger partial charge on any atom is 0.345 e. The standard InChI is InChI=1S/C16H14N2O/c1-12-16(19)17-18(12)15(13-8-4-2-5-9-13)14-10-6-3-7-11-14/h2-12H,1H3/p+1. The zero-order valence-corrected chi connectivity index (χ0v) is 10.7. The second kappa shape index (κ2) is 4.69. The van der Waals surface area contributed by atoms with Crippen LogP contribution in [0, 0.1) is 0 Å². The van der Waals surface area contributed by atoms with Crippen molar-refractivity contribution >= 4 is 11.6 Å². The molecule has 3 rings (SSSR count). The maximum atomic E-state index is 11.4. The number of benzene rings is 2. The van der Waals surface area contributed by atoms with Gasteiger partial charge in [-0.25, -0.2) is 0 Å². The Kier molecular flexibility index (Phi) is 2.88. The van der Waals surface area contributed by atoms with Gasteiger partial charge >= 0.3 is 5.91 Å². The molecule has 0 aliphatic carbocycles. The van der Waals surface area contributed by atoms with Crippen LogP contribution < -0.4 is 5.43 Å². The average molecular weight is 251 g/mol. The van der Waals surface area contributed by atoms with Gasteiger partial charge in [-0.3, -0.25) is 4.79 Å².